The van der Waals surface area contributed by atoms with Gasteiger partial charge >= 0.3 is 0 Å². The Morgan fingerprint density at radius 3 is 2.71 bits per heavy atom. The van der Waals surface area contributed by atoms with Crippen LogP contribution >= 0.6 is 45.8 Å². The van der Waals surface area contributed by atoms with Crippen molar-refractivity contribution in [3.05, 3.63) is 61.7 Å². The first-order valence-corrected chi connectivity index (χ1v) is 8.66. The van der Waals surface area contributed by atoms with Crippen LogP contribution in [0.3, 0.4) is 0 Å². The first-order valence-electron chi connectivity index (χ1n) is 6.76. The van der Waals surface area contributed by atoms with Crippen LogP contribution in [0.5, 0.6) is 5.75 Å². The third-order valence-corrected chi connectivity index (χ3v) is 5.32. The van der Waals surface area contributed by atoms with Crippen LogP contribution in [0.1, 0.15) is 35.9 Å². The van der Waals surface area contributed by atoms with Gasteiger partial charge in [0.15, 0.2) is 0 Å². The lowest BCUT2D eigenvalue weighted by atomic mass is 9.97. The molecule has 0 amide bonds. The summed E-state index contributed by atoms with van der Waals surface area (Å²) in [6.45, 7) is 4.20. The molecule has 0 aromatic heterocycles. The highest BCUT2D eigenvalue weighted by Gasteiger charge is 2.30. The van der Waals surface area contributed by atoms with E-state index in [0.717, 1.165) is 26.9 Å². The average molecular weight is 433 g/mol. The average Bonchev–Trinajstić information content (AvgIpc) is 2.73. The summed E-state index contributed by atoms with van der Waals surface area (Å²) in [5.41, 5.74) is 3.22. The van der Waals surface area contributed by atoms with Gasteiger partial charge in [-0.25, -0.2) is 0 Å². The number of halogens is 3. The zero-order valence-corrected chi connectivity index (χ0v) is 15.5. The van der Waals surface area contributed by atoms with Crippen molar-refractivity contribution in [3.8, 4) is 5.75 Å². The summed E-state index contributed by atoms with van der Waals surface area (Å²) in [6, 6.07) is 12.0. The fourth-order valence-corrected chi connectivity index (χ4v) is 4.00. The normalized spacial score (nSPS) is 17.2. The molecule has 2 aromatic carbocycles. The van der Waals surface area contributed by atoms with Gasteiger partial charge in [-0.3, -0.25) is 0 Å². The Morgan fingerprint density at radius 2 is 1.95 bits per heavy atom. The summed E-state index contributed by atoms with van der Waals surface area (Å²) >= 11 is 15.1. The van der Waals surface area contributed by atoms with E-state index >= 15 is 0 Å². The van der Waals surface area contributed by atoms with E-state index in [-0.39, 0.29) is 11.0 Å². The van der Waals surface area contributed by atoms with E-state index in [1.54, 1.807) is 0 Å². The number of ether oxygens (including phenoxy) is 1. The lowest BCUT2D eigenvalue weighted by molar-refractivity contribution is 0.138. The fourth-order valence-electron chi connectivity index (χ4n) is 2.68. The monoisotopic (exact) mass is 432 g/mol. The third kappa shape index (κ3) is 3.17. The van der Waals surface area contributed by atoms with E-state index in [2.05, 4.69) is 42.5 Å². The largest absolute Gasteiger partial charge is 0.487 e. The predicted molar refractivity (Wildman–Crippen MR) is 96.7 cm³/mol. The molecule has 0 aliphatic carbocycles. The molecule has 1 aliphatic heterocycles. The molecule has 1 nitrogen and oxygen atoms in total. The minimum atomic E-state index is -0.204. The SMILES string of the molecule is CC1(C)Cc2cc(C(Cl)c3cc(Cl)ccc3I)ccc2O1. The highest BCUT2D eigenvalue weighted by atomic mass is 127. The van der Waals surface area contributed by atoms with E-state index in [9.17, 15) is 0 Å². The topological polar surface area (TPSA) is 9.23 Å². The number of alkyl halides is 1. The molecule has 0 N–H and O–H groups in total. The predicted octanol–water partition coefficient (Wildman–Crippen LogP) is 5.99. The second-order valence-electron chi connectivity index (χ2n) is 5.93. The Balaban J connectivity index is 1.97. The zero-order chi connectivity index (χ0) is 15.2. The molecule has 21 heavy (non-hydrogen) atoms. The molecule has 110 valence electrons. The van der Waals surface area contributed by atoms with Crippen LogP contribution in [0.2, 0.25) is 5.02 Å². The number of hydrogen-bond acceptors (Lipinski definition) is 1. The molecule has 3 rings (SSSR count). The van der Waals surface area contributed by atoms with E-state index in [4.69, 9.17) is 27.9 Å². The summed E-state index contributed by atoms with van der Waals surface area (Å²) in [5, 5.41) is 0.506. The molecule has 1 unspecified atom stereocenters. The lowest BCUT2D eigenvalue weighted by Gasteiger charge is -2.16. The molecule has 1 heterocycles. The Kier molecular flexibility index (Phi) is 4.15. The van der Waals surface area contributed by atoms with Crippen molar-refractivity contribution >= 4 is 45.8 Å². The van der Waals surface area contributed by atoms with E-state index in [1.165, 1.54) is 5.56 Å². The maximum Gasteiger partial charge on any atom is 0.123 e. The second-order valence-corrected chi connectivity index (χ2v) is 7.97. The molecule has 0 radical (unpaired) electrons. The molecule has 0 bridgehead atoms. The number of rotatable bonds is 2. The maximum atomic E-state index is 6.68. The minimum Gasteiger partial charge on any atom is -0.487 e. The van der Waals surface area contributed by atoms with Crippen LogP contribution in [-0.2, 0) is 6.42 Å². The summed E-state index contributed by atoms with van der Waals surface area (Å²) in [5.74, 6) is 0.966. The third-order valence-electron chi connectivity index (χ3n) is 3.61. The Morgan fingerprint density at radius 1 is 1.19 bits per heavy atom. The van der Waals surface area contributed by atoms with Gasteiger partial charge in [0, 0.05) is 15.0 Å². The van der Waals surface area contributed by atoms with E-state index in [1.807, 2.05) is 30.3 Å². The zero-order valence-electron chi connectivity index (χ0n) is 11.8. The van der Waals surface area contributed by atoms with Crippen molar-refractivity contribution in [2.24, 2.45) is 0 Å². The van der Waals surface area contributed by atoms with Crippen LogP contribution < -0.4 is 4.74 Å². The summed E-state index contributed by atoms with van der Waals surface area (Å²) in [7, 11) is 0. The fraction of sp³-hybridized carbons (Fsp3) is 0.294. The quantitative estimate of drug-likeness (QED) is 0.418. The van der Waals surface area contributed by atoms with Crippen LogP contribution in [0, 0.1) is 3.57 Å². The van der Waals surface area contributed by atoms with Crippen LogP contribution in [0.15, 0.2) is 36.4 Å². The molecule has 0 spiro atoms. The number of benzene rings is 2. The van der Waals surface area contributed by atoms with Crippen molar-refractivity contribution in [3.63, 3.8) is 0 Å². The summed E-state index contributed by atoms with van der Waals surface area (Å²) in [6.07, 6.45) is 0.909. The molecule has 2 aromatic rings. The van der Waals surface area contributed by atoms with Gasteiger partial charge in [-0.15, -0.1) is 11.6 Å². The van der Waals surface area contributed by atoms with Crippen molar-refractivity contribution in [2.75, 3.05) is 0 Å². The van der Waals surface area contributed by atoms with Gasteiger partial charge in [0.05, 0.1) is 5.38 Å². The first kappa shape index (κ1) is 15.4. The summed E-state index contributed by atoms with van der Waals surface area (Å²) in [4.78, 5) is 0. The van der Waals surface area contributed by atoms with Gasteiger partial charge in [0.2, 0.25) is 0 Å². The minimum absolute atomic E-state index is 0.132. The lowest BCUT2D eigenvalue weighted by Crippen LogP contribution is -2.24. The van der Waals surface area contributed by atoms with Gasteiger partial charge < -0.3 is 4.74 Å². The van der Waals surface area contributed by atoms with Gasteiger partial charge in [-0.2, -0.15) is 0 Å². The van der Waals surface area contributed by atoms with Crippen LogP contribution in [-0.4, -0.2) is 5.60 Å². The number of hydrogen-bond donors (Lipinski definition) is 0. The standard InChI is InChI=1S/C17H15Cl2IO/c1-17(2)9-11-7-10(3-6-15(11)21-17)16(19)13-8-12(18)4-5-14(13)20/h3-8,16H,9H2,1-2H3. The van der Waals surface area contributed by atoms with Gasteiger partial charge in [0.25, 0.3) is 0 Å². The van der Waals surface area contributed by atoms with E-state index in [0.29, 0.717) is 5.02 Å². The highest BCUT2D eigenvalue weighted by molar-refractivity contribution is 14.1. The highest BCUT2D eigenvalue weighted by Crippen LogP contribution is 2.39. The van der Waals surface area contributed by atoms with Crippen molar-refractivity contribution in [1.29, 1.82) is 0 Å². The summed E-state index contributed by atoms with van der Waals surface area (Å²) < 4.78 is 7.03. The van der Waals surface area contributed by atoms with Crippen molar-refractivity contribution in [1.82, 2.24) is 0 Å². The smallest absolute Gasteiger partial charge is 0.123 e. The molecular formula is C17H15Cl2IO. The molecular weight excluding hydrogens is 418 g/mol. The second kappa shape index (κ2) is 5.64. The van der Waals surface area contributed by atoms with Crippen molar-refractivity contribution < 1.29 is 4.74 Å². The Labute approximate surface area is 148 Å². The van der Waals surface area contributed by atoms with Gasteiger partial charge in [-0.1, -0.05) is 23.7 Å². The molecule has 1 aliphatic rings. The first-order chi connectivity index (χ1) is 9.85. The Hall–Kier alpha value is -0.450. The van der Waals surface area contributed by atoms with Crippen LogP contribution in [0.25, 0.3) is 0 Å². The van der Waals surface area contributed by atoms with E-state index < -0.39 is 0 Å². The maximum absolute atomic E-state index is 6.68. The molecule has 0 saturated carbocycles. The van der Waals surface area contributed by atoms with Crippen molar-refractivity contribution in [2.45, 2.75) is 31.2 Å². The molecule has 1 atom stereocenters. The van der Waals surface area contributed by atoms with Crippen LogP contribution in [0.4, 0.5) is 0 Å². The Bertz CT molecular complexity index is 697. The van der Waals surface area contributed by atoms with Gasteiger partial charge in [-0.05, 0) is 77.4 Å². The van der Waals surface area contributed by atoms with Gasteiger partial charge in [0.1, 0.15) is 11.4 Å². The molecule has 0 saturated heterocycles. The molecule has 0 fully saturated rings. The number of fused-ring (bicyclic) bond motifs is 1. The molecule has 4 heteroatoms.